The van der Waals surface area contributed by atoms with Gasteiger partial charge in [-0.3, -0.25) is 4.99 Å². The van der Waals surface area contributed by atoms with Crippen LogP contribution in [0.25, 0.3) is 0 Å². The molecule has 0 atom stereocenters. The van der Waals surface area contributed by atoms with E-state index in [9.17, 15) is 0 Å². The predicted molar refractivity (Wildman–Crippen MR) is 39.5 cm³/mol. The van der Waals surface area contributed by atoms with Crippen LogP contribution >= 0.6 is 0 Å². The molecular formula is C7H12N2. The summed E-state index contributed by atoms with van der Waals surface area (Å²) in [4.78, 5) is 4.20. The summed E-state index contributed by atoms with van der Waals surface area (Å²) in [7, 11) is 0. The Balaban J connectivity index is 2.73. The molecule has 0 amide bonds. The van der Waals surface area contributed by atoms with Gasteiger partial charge in [-0.2, -0.15) is 0 Å². The molecule has 0 saturated heterocycles. The van der Waals surface area contributed by atoms with Crippen LogP contribution in [0.5, 0.6) is 0 Å². The number of nitrogens with one attached hydrogen (secondary N) is 1. The second kappa shape index (κ2) is 1.87. The Kier molecular flexibility index (Phi) is 1.31. The number of allylic oxidation sites excluding steroid dienone is 2. The fourth-order valence-corrected chi connectivity index (χ4v) is 0.892. The molecule has 0 saturated carbocycles. The third-order valence-corrected chi connectivity index (χ3v) is 1.22. The Labute approximate surface area is 55.7 Å². The Morgan fingerprint density at radius 3 is 2.56 bits per heavy atom. The molecule has 0 radical (unpaired) electrons. The summed E-state index contributed by atoms with van der Waals surface area (Å²) in [5, 5.41) is 3.22. The molecule has 1 rings (SSSR count). The van der Waals surface area contributed by atoms with E-state index in [1.165, 1.54) is 5.70 Å². The van der Waals surface area contributed by atoms with Crippen molar-refractivity contribution < 1.29 is 0 Å². The van der Waals surface area contributed by atoms with E-state index in [0.29, 0.717) is 0 Å². The van der Waals surface area contributed by atoms with Crippen LogP contribution in [-0.2, 0) is 0 Å². The standard InChI is InChI=1S/C7H12N2/c1-6-4-5-8-7(2,3)9-6/h4-5,9H,1-3H3. The maximum atomic E-state index is 4.20. The van der Waals surface area contributed by atoms with Gasteiger partial charge in [0.15, 0.2) is 0 Å². The summed E-state index contributed by atoms with van der Waals surface area (Å²) in [6, 6.07) is 0. The summed E-state index contributed by atoms with van der Waals surface area (Å²) in [6.45, 7) is 6.12. The highest BCUT2D eigenvalue weighted by Gasteiger charge is 2.15. The van der Waals surface area contributed by atoms with E-state index in [1.54, 1.807) is 0 Å². The maximum Gasteiger partial charge on any atom is 0.123 e. The molecule has 1 aliphatic heterocycles. The highest BCUT2D eigenvalue weighted by molar-refractivity contribution is 5.73. The second-order valence-corrected chi connectivity index (χ2v) is 2.81. The van der Waals surface area contributed by atoms with Gasteiger partial charge in [0.25, 0.3) is 0 Å². The zero-order valence-corrected chi connectivity index (χ0v) is 6.10. The molecule has 0 aromatic heterocycles. The van der Waals surface area contributed by atoms with Crippen LogP contribution in [0.4, 0.5) is 0 Å². The van der Waals surface area contributed by atoms with E-state index in [0.717, 1.165) is 0 Å². The number of aliphatic imine (C=N–C) groups is 1. The van der Waals surface area contributed by atoms with Gasteiger partial charge in [0, 0.05) is 11.9 Å². The van der Waals surface area contributed by atoms with E-state index in [2.05, 4.69) is 10.3 Å². The van der Waals surface area contributed by atoms with Gasteiger partial charge in [-0.1, -0.05) is 0 Å². The van der Waals surface area contributed by atoms with Gasteiger partial charge >= 0.3 is 0 Å². The van der Waals surface area contributed by atoms with Gasteiger partial charge in [-0.05, 0) is 26.8 Å². The van der Waals surface area contributed by atoms with E-state index in [4.69, 9.17) is 0 Å². The van der Waals surface area contributed by atoms with E-state index >= 15 is 0 Å². The first-order chi connectivity index (χ1) is 4.10. The summed E-state index contributed by atoms with van der Waals surface area (Å²) in [5.41, 5.74) is 1.08. The van der Waals surface area contributed by atoms with Crippen LogP contribution in [-0.4, -0.2) is 11.9 Å². The fraction of sp³-hybridized carbons (Fsp3) is 0.571. The Morgan fingerprint density at radius 2 is 2.22 bits per heavy atom. The number of hydrogen-bond acceptors (Lipinski definition) is 2. The van der Waals surface area contributed by atoms with Crippen LogP contribution in [0.15, 0.2) is 16.8 Å². The van der Waals surface area contributed by atoms with Crippen molar-refractivity contribution in [3.8, 4) is 0 Å². The topological polar surface area (TPSA) is 24.4 Å². The Hall–Kier alpha value is -0.790. The largest absolute Gasteiger partial charge is 0.365 e. The maximum absolute atomic E-state index is 4.20. The van der Waals surface area contributed by atoms with Crippen LogP contribution < -0.4 is 5.32 Å². The van der Waals surface area contributed by atoms with Crippen molar-refractivity contribution >= 4 is 6.21 Å². The SMILES string of the molecule is CC1=CC=NC(C)(C)N1. The molecule has 1 heterocycles. The van der Waals surface area contributed by atoms with Crippen LogP contribution in [0.3, 0.4) is 0 Å². The molecular weight excluding hydrogens is 112 g/mol. The smallest absolute Gasteiger partial charge is 0.123 e. The number of nitrogens with zero attached hydrogens (tertiary/aromatic N) is 1. The molecule has 0 aromatic carbocycles. The normalized spacial score (nSPS) is 22.8. The minimum absolute atomic E-state index is 0.0984. The average molecular weight is 124 g/mol. The minimum atomic E-state index is -0.0984. The predicted octanol–water partition coefficient (Wildman–Crippen LogP) is 1.30. The average Bonchev–Trinajstić information content (AvgIpc) is 1.60. The Morgan fingerprint density at radius 1 is 1.56 bits per heavy atom. The van der Waals surface area contributed by atoms with Gasteiger partial charge in [0.05, 0.1) is 0 Å². The fourth-order valence-electron chi connectivity index (χ4n) is 0.892. The van der Waals surface area contributed by atoms with Crippen molar-refractivity contribution in [2.45, 2.75) is 26.4 Å². The monoisotopic (exact) mass is 124 g/mol. The highest BCUT2D eigenvalue weighted by Crippen LogP contribution is 2.09. The van der Waals surface area contributed by atoms with Gasteiger partial charge in [0.2, 0.25) is 0 Å². The molecule has 0 aromatic rings. The quantitative estimate of drug-likeness (QED) is 0.517. The Bertz CT molecular complexity index is 166. The summed E-state index contributed by atoms with van der Waals surface area (Å²) in [5.74, 6) is 0. The lowest BCUT2D eigenvalue weighted by atomic mass is 10.2. The van der Waals surface area contributed by atoms with Crippen molar-refractivity contribution in [1.29, 1.82) is 0 Å². The molecule has 1 N–H and O–H groups in total. The minimum Gasteiger partial charge on any atom is -0.365 e. The van der Waals surface area contributed by atoms with Crippen LogP contribution in [0.2, 0.25) is 0 Å². The van der Waals surface area contributed by atoms with Gasteiger partial charge in [-0.15, -0.1) is 0 Å². The van der Waals surface area contributed by atoms with Crippen LogP contribution in [0, 0.1) is 0 Å². The number of hydrogen-bond donors (Lipinski definition) is 1. The lowest BCUT2D eigenvalue weighted by Gasteiger charge is -2.25. The lowest BCUT2D eigenvalue weighted by molar-refractivity contribution is 0.448. The van der Waals surface area contributed by atoms with Gasteiger partial charge in [0.1, 0.15) is 5.66 Å². The molecule has 50 valence electrons. The second-order valence-electron chi connectivity index (χ2n) is 2.81. The zero-order chi connectivity index (χ0) is 6.91. The first-order valence-electron chi connectivity index (χ1n) is 3.10. The molecule has 2 heteroatoms. The van der Waals surface area contributed by atoms with E-state index in [1.807, 2.05) is 33.1 Å². The van der Waals surface area contributed by atoms with Crippen molar-refractivity contribution in [3.63, 3.8) is 0 Å². The molecule has 0 unspecified atom stereocenters. The summed E-state index contributed by atoms with van der Waals surface area (Å²) >= 11 is 0. The van der Waals surface area contributed by atoms with Crippen molar-refractivity contribution in [2.75, 3.05) is 0 Å². The highest BCUT2D eigenvalue weighted by atomic mass is 15.1. The lowest BCUT2D eigenvalue weighted by Crippen LogP contribution is -2.37. The molecule has 9 heavy (non-hydrogen) atoms. The molecule has 0 fully saturated rings. The third kappa shape index (κ3) is 1.56. The van der Waals surface area contributed by atoms with Gasteiger partial charge < -0.3 is 5.32 Å². The molecule has 2 nitrogen and oxygen atoms in total. The first-order valence-corrected chi connectivity index (χ1v) is 3.10. The third-order valence-electron chi connectivity index (χ3n) is 1.22. The molecule has 0 spiro atoms. The van der Waals surface area contributed by atoms with Gasteiger partial charge in [-0.25, -0.2) is 0 Å². The molecule has 0 bridgehead atoms. The molecule has 1 aliphatic rings. The number of rotatable bonds is 0. The zero-order valence-electron chi connectivity index (χ0n) is 6.10. The molecule has 0 aliphatic carbocycles. The first kappa shape index (κ1) is 6.33. The summed E-state index contributed by atoms with van der Waals surface area (Å²) in [6.07, 6.45) is 3.80. The van der Waals surface area contributed by atoms with Crippen molar-refractivity contribution in [1.82, 2.24) is 5.32 Å². The van der Waals surface area contributed by atoms with Crippen LogP contribution in [0.1, 0.15) is 20.8 Å². The van der Waals surface area contributed by atoms with E-state index < -0.39 is 0 Å². The van der Waals surface area contributed by atoms with E-state index in [-0.39, 0.29) is 5.66 Å². The van der Waals surface area contributed by atoms with Crippen molar-refractivity contribution in [2.24, 2.45) is 4.99 Å². The summed E-state index contributed by atoms with van der Waals surface area (Å²) < 4.78 is 0. The van der Waals surface area contributed by atoms with Crippen molar-refractivity contribution in [3.05, 3.63) is 11.8 Å².